The van der Waals surface area contributed by atoms with Crippen molar-refractivity contribution in [2.45, 2.75) is 11.8 Å². The summed E-state index contributed by atoms with van der Waals surface area (Å²) in [6, 6.07) is 8.05. The number of allylic oxidation sites excluding steroid dienone is 1. The van der Waals surface area contributed by atoms with Crippen molar-refractivity contribution >= 4 is 18.7 Å². The molecule has 0 saturated heterocycles. The molecule has 0 aliphatic carbocycles. The van der Waals surface area contributed by atoms with Gasteiger partial charge in [-0.2, -0.15) is 0 Å². The highest BCUT2D eigenvalue weighted by Gasteiger charge is 1.84. The van der Waals surface area contributed by atoms with E-state index in [0.29, 0.717) is 0 Å². The van der Waals surface area contributed by atoms with Crippen LogP contribution in [0.1, 0.15) is 12.5 Å². The summed E-state index contributed by atoms with van der Waals surface area (Å²) in [5.41, 5.74) is 1.20. The molecule has 0 aliphatic rings. The molecule has 0 N–H and O–H groups in total. The standard InChI is InChI=1S/C9H10S/c1-2-4-8-5-3-6-9(10)7-8/h2-7,10H,1H3. The quantitative estimate of drug-likeness (QED) is 0.584. The zero-order valence-electron chi connectivity index (χ0n) is 5.91. The van der Waals surface area contributed by atoms with Crippen molar-refractivity contribution in [2.75, 3.05) is 0 Å². The normalized spacial score (nSPS) is 10.6. The second kappa shape index (κ2) is 3.47. The first kappa shape index (κ1) is 7.42. The van der Waals surface area contributed by atoms with Gasteiger partial charge in [-0.15, -0.1) is 12.6 Å². The molecule has 0 atom stereocenters. The van der Waals surface area contributed by atoms with Gasteiger partial charge in [-0.1, -0.05) is 24.3 Å². The van der Waals surface area contributed by atoms with Gasteiger partial charge >= 0.3 is 0 Å². The summed E-state index contributed by atoms with van der Waals surface area (Å²) in [7, 11) is 0. The number of rotatable bonds is 1. The molecule has 0 spiro atoms. The molecule has 0 saturated carbocycles. The molecule has 0 heterocycles. The fraction of sp³-hybridized carbons (Fsp3) is 0.111. The number of hydrogen-bond acceptors (Lipinski definition) is 1. The summed E-state index contributed by atoms with van der Waals surface area (Å²) in [5.74, 6) is 0. The first-order chi connectivity index (χ1) is 4.83. The first-order valence-corrected chi connectivity index (χ1v) is 3.69. The van der Waals surface area contributed by atoms with E-state index in [9.17, 15) is 0 Å². The van der Waals surface area contributed by atoms with Crippen LogP contribution in [0.3, 0.4) is 0 Å². The van der Waals surface area contributed by atoms with Gasteiger partial charge in [0, 0.05) is 4.90 Å². The molecule has 0 aliphatic heterocycles. The van der Waals surface area contributed by atoms with E-state index in [4.69, 9.17) is 0 Å². The number of thiol groups is 1. The van der Waals surface area contributed by atoms with Gasteiger partial charge in [0.25, 0.3) is 0 Å². The topological polar surface area (TPSA) is 0 Å². The Kier molecular flexibility index (Phi) is 2.57. The lowest BCUT2D eigenvalue weighted by atomic mass is 10.2. The van der Waals surface area contributed by atoms with Crippen molar-refractivity contribution in [3.8, 4) is 0 Å². The highest BCUT2D eigenvalue weighted by Crippen LogP contribution is 2.09. The van der Waals surface area contributed by atoms with Crippen LogP contribution in [0.25, 0.3) is 6.08 Å². The third kappa shape index (κ3) is 1.92. The van der Waals surface area contributed by atoms with Gasteiger partial charge < -0.3 is 0 Å². The molecule has 1 heteroatoms. The second-order valence-corrected chi connectivity index (χ2v) is 2.61. The highest BCUT2D eigenvalue weighted by atomic mass is 32.1. The summed E-state index contributed by atoms with van der Waals surface area (Å²) in [5, 5.41) is 0. The Labute approximate surface area is 67.0 Å². The van der Waals surface area contributed by atoms with Crippen LogP contribution in [0.2, 0.25) is 0 Å². The van der Waals surface area contributed by atoms with Crippen LogP contribution in [0.15, 0.2) is 35.2 Å². The molecule has 0 nitrogen and oxygen atoms in total. The molecule has 1 rings (SSSR count). The fourth-order valence-corrected chi connectivity index (χ4v) is 1.06. The lowest BCUT2D eigenvalue weighted by Crippen LogP contribution is -1.69. The monoisotopic (exact) mass is 150 g/mol. The van der Waals surface area contributed by atoms with Gasteiger partial charge in [0.1, 0.15) is 0 Å². The Morgan fingerprint density at radius 1 is 1.40 bits per heavy atom. The van der Waals surface area contributed by atoms with Crippen LogP contribution < -0.4 is 0 Å². The van der Waals surface area contributed by atoms with Gasteiger partial charge in [-0.25, -0.2) is 0 Å². The predicted molar refractivity (Wildman–Crippen MR) is 48.4 cm³/mol. The summed E-state index contributed by atoms with van der Waals surface area (Å²) in [6.45, 7) is 2.01. The van der Waals surface area contributed by atoms with Crippen molar-refractivity contribution in [2.24, 2.45) is 0 Å². The lowest BCUT2D eigenvalue weighted by Gasteiger charge is -1.92. The van der Waals surface area contributed by atoms with Gasteiger partial charge in [-0.05, 0) is 24.6 Å². The molecule has 0 amide bonds. The fourth-order valence-electron chi connectivity index (χ4n) is 0.821. The maximum absolute atomic E-state index is 4.21. The van der Waals surface area contributed by atoms with Crippen LogP contribution in [0, 0.1) is 0 Å². The summed E-state index contributed by atoms with van der Waals surface area (Å²) in [6.07, 6.45) is 4.07. The molecular formula is C9H10S. The zero-order chi connectivity index (χ0) is 7.40. The minimum atomic E-state index is 1.01. The molecule has 10 heavy (non-hydrogen) atoms. The molecule has 0 fully saturated rings. The van der Waals surface area contributed by atoms with Gasteiger partial charge in [0.05, 0.1) is 0 Å². The minimum Gasteiger partial charge on any atom is -0.143 e. The Hall–Kier alpha value is -0.690. The van der Waals surface area contributed by atoms with E-state index < -0.39 is 0 Å². The van der Waals surface area contributed by atoms with Crippen molar-refractivity contribution in [3.05, 3.63) is 35.9 Å². The average molecular weight is 150 g/mol. The summed E-state index contributed by atoms with van der Waals surface area (Å²) in [4.78, 5) is 1.01. The second-order valence-electron chi connectivity index (χ2n) is 2.09. The van der Waals surface area contributed by atoms with E-state index in [-0.39, 0.29) is 0 Å². The maximum atomic E-state index is 4.21. The average Bonchev–Trinajstić information content (AvgIpc) is 1.88. The van der Waals surface area contributed by atoms with E-state index >= 15 is 0 Å². The van der Waals surface area contributed by atoms with E-state index in [0.717, 1.165) is 4.90 Å². The molecule has 0 radical (unpaired) electrons. The van der Waals surface area contributed by atoms with Crippen molar-refractivity contribution < 1.29 is 0 Å². The largest absolute Gasteiger partial charge is 0.143 e. The van der Waals surface area contributed by atoms with Gasteiger partial charge in [0.2, 0.25) is 0 Å². The predicted octanol–water partition coefficient (Wildman–Crippen LogP) is 3.01. The SMILES string of the molecule is CC=Cc1cccc(S)c1. The Morgan fingerprint density at radius 3 is 2.80 bits per heavy atom. The Balaban J connectivity index is 2.95. The van der Waals surface area contributed by atoms with Gasteiger partial charge in [0.15, 0.2) is 0 Å². The van der Waals surface area contributed by atoms with Crippen LogP contribution >= 0.6 is 12.6 Å². The summed E-state index contributed by atoms with van der Waals surface area (Å²) < 4.78 is 0. The van der Waals surface area contributed by atoms with Crippen LogP contribution in [0.5, 0.6) is 0 Å². The van der Waals surface area contributed by atoms with E-state index in [1.165, 1.54) is 5.56 Å². The molecule has 1 aromatic rings. The maximum Gasteiger partial charge on any atom is 0.00459 e. The Morgan fingerprint density at radius 2 is 2.20 bits per heavy atom. The van der Waals surface area contributed by atoms with E-state index in [1.807, 2.05) is 31.2 Å². The first-order valence-electron chi connectivity index (χ1n) is 3.24. The number of hydrogen-bond donors (Lipinski definition) is 1. The number of benzene rings is 1. The zero-order valence-corrected chi connectivity index (χ0v) is 6.81. The van der Waals surface area contributed by atoms with E-state index in [1.54, 1.807) is 0 Å². The molecule has 0 aromatic heterocycles. The Bertz CT molecular complexity index is 238. The van der Waals surface area contributed by atoms with Crippen LogP contribution in [-0.2, 0) is 0 Å². The smallest absolute Gasteiger partial charge is 0.00459 e. The van der Waals surface area contributed by atoms with Crippen LogP contribution in [-0.4, -0.2) is 0 Å². The molecule has 0 unspecified atom stereocenters. The minimum absolute atomic E-state index is 1.01. The third-order valence-electron chi connectivity index (χ3n) is 1.23. The van der Waals surface area contributed by atoms with E-state index in [2.05, 4.69) is 24.8 Å². The van der Waals surface area contributed by atoms with Crippen molar-refractivity contribution in [3.63, 3.8) is 0 Å². The van der Waals surface area contributed by atoms with Gasteiger partial charge in [-0.3, -0.25) is 0 Å². The molecule has 52 valence electrons. The highest BCUT2D eigenvalue weighted by molar-refractivity contribution is 7.80. The molecule has 1 aromatic carbocycles. The third-order valence-corrected chi connectivity index (χ3v) is 1.51. The van der Waals surface area contributed by atoms with Crippen molar-refractivity contribution in [1.29, 1.82) is 0 Å². The summed E-state index contributed by atoms with van der Waals surface area (Å²) >= 11 is 4.21. The van der Waals surface area contributed by atoms with Crippen molar-refractivity contribution in [1.82, 2.24) is 0 Å². The van der Waals surface area contributed by atoms with Crippen LogP contribution in [0.4, 0.5) is 0 Å². The molecule has 0 bridgehead atoms. The lowest BCUT2D eigenvalue weighted by molar-refractivity contribution is 1.45. The molecular weight excluding hydrogens is 140 g/mol.